The number of aryl methyl sites for hydroxylation is 1. The maximum absolute atomic E-state index is 11.4. The van der Waals surface area contributed by atoms with Crippen molar-refractivity contribution < 1.29 is 4.79 Å². The number of benzene rings is 1. The van der Waals surface area contributed by atoms with Crippen molar-refractivity contribution in [2.75, 3.05) is 5.01 Å². The number of nitrogens with one attached hydrogen (secondary N) is 2. The van der Waals surface area contributed by atoms with E-state index in [1.54, 1.807) is 6.20 Å². The van der Waals surface area contributed by atoms with Crippen LogP contribution in [0, 0.1) is 6.92 Å². The van der Waals surface area contributed by atoms with Gasteiger partial charge in [-0.2, -0.15) is 0 Å². The monoisotopic (exact) mass is 309 g/mol. The minimum atomic E-state index is -0.589. The molecule has 1 aromatic carbocycles. The van der Waals surface area contributed by atoms with Crippen molar-refractivity contribution in [3.63, 3.8) is 0 Å². The SMILES string of the molecule is CC1=C(NC(N)=O)N(c2ccccc2)NC1c1ccnc(C)c1. The number of aromatic nitrogens is 1. The average Bonchev–Trinajstić information content (AvgIpc) is 2.85. The zero-order valence-corrected chi connectivity index (χ0v) is 13.1. The number of nitrogens with two attached hydrogens (primary N) is 1. The van der Waals surface area contributed by atoms with Crippen LogP contribution < -0.4 is 21.5 Å². The molecule has 1 aliphatic rings. The molecule has 23 heavy (non-hydrogen) atoms. The van der Waals surface area contributed by atoms with Crippen molar-refractivity contribution in [3.05, 3.63) is 71.3 Å². The summed E-state index contributed by atoms with van der Waals surface area (Å²) in [5, 5.41) is 4.57. The summed E-state index contributed by atoms with van der Waals surface area (Å²) in [5.41, 5.74) is 12.7. The fourth-order valence-corrected chi connectivity index (χ4v) is 2.73. The first-order valence-corrected chi connectivity index (χ1v) is 7.37. The number of carbonyl (C=O) groups excluding carboxylic acids is 1. The topological polar surface area (TPSA) is 83.3 Å². The van der Waals surface area contributed by atoms with Crippen molar-refractivity contribution in [1.82, 2.24) is 15.7 Å². The molecule has 3 rings (SSSR count). The van der Waals surface area contributed by atoms with Crippen LogP contribution in [0.2, 0.25) is 0 Å². The van der Waals surface area contributed by atoms with E-state index in [2.05, 4.69) is 15.7 Å². The number of hydrogen-bond donors (Lipinski definition) is 3. The molecule has 1 unspecified atom stereocenters. The minimum absolute atomic E-state index is 0.0567. The van der Waals surface area contributed by atoms with Crippen LogP contribution in [0.1, 0.15) is 24.2 Å². The number of rotatable bonds is 3. The van der Waals surface area contributed by atoms with E-state index in [0.29, 0.717) is 5.82 Å². The molecule has 118 valence electrons. The van der Waals surface area contributed by atoms with Crippen LogP contribution in [0.25, 0.3) is 0 Å². The number of primary amides is 1. The molecule has 2 amide bonds. The quantitative estimate of drug-likeness (QED) is 0.812. The van der Waals surface area contributed by atoms with Crippen molar-refractivity contribution in [2.24, 2.45) is 5.73 Å². The van der Waals surface area contributed by atoms with Crippen LogP contribution in [0.3, 0.4) is 0 Å². The predicted octanol–water partition coefficient (Wildman–Crippen LogP) is 2.36. The molecule has 1 aromatic heterocycles. The second-order valence-corrected chi connectivity index (χ2v) is 5.48. The minimum Gasteiger partial charge on any atom is -0.351 e. The van der Waals surface area contributed by atoms with E-state index in [1.165, 1.54) is 0 Å². The Bertz CT molecular complexity index is 757. The van der Waals surface area contributed by atoms with E-state index >= 15 is 0 Å². The van der Waals surface area contributed by atoms with Gasteiger partial charge in [-0.3, -0.25) is 15.3 Å². The summed E-state index contributed by atoms with van der Waals surface area (Å²) in [6, 6.07) is 13.1. The summed E-state index contributed by atoms with van der Waals surface area (Å²) in [6.07, 6.45) is 1.78. The van der Waals surface area contributed by atoms with E-state index < -0.39 is 6.03 Å². The van der Waals surface area contributed by atoms with Gasteiger partial charge in [-0.1, -0.05) is 18.2 Å². The first-order chi connectivity index (χ1) is 11.1. The summed E-state index contributed by atoms with van der Waals surface area (Å²) < 4.78 is 0. The van der Waals surface area contributed by atoms with E-state index in [9.17, 15) is 4.79 Å². The number of amides is 2. The molecule has 0 fully saturated rings. The Kier molecular flexibility index (Phi) is 3.99. The highest BCUT2D eigenvalue weighted by Crippen LogP contribution is 2.33. The molecule has 2 aromatic rings. The van der Waals surface area contributed by atoms with Crippen molar-refractivity contribution in [2.45, 2.75) is 19.9 Å². The third-order valence-electron chi connectivity index (χ3n) is 3.80. The third kappa shape index (κ3) is 3.02. The smallest absolute Gasteiger partial charge is 0.317 e. The van der Waals surface area contributed by atoms with Crippen LogP contribution in [0.5, 0.6) is 0 Å². The molecule has 0 saturated heterocycles. The second-order valence-electron chi connectivity index (χ2n) is 5.48. The first kappa shape index (κ1) is 15.1. The Labute approximate surface area is 135 Å². The lowest BCUT2D eigenvalue weighted by Crippen LogP contribution is -2.41. The Morgan fingerprint density at radius 3 is 2.65 bits per heavy atom. The van der Waals surface area contributed by atoms with Gasteiger partial charge in [0, 0.05) is 11.9 Å². The predicted molar refractivity (Wildman–Crippen MR) is 89.2 cm³/mol. The van der Waals surface area contributed by atoms with Gasteiger partial charge in [-0.25, -0.2) is 10.2 Å². The summed E-state index contributed by atoms with van der Waals surface area (Å²) in [4.78, 5) is 15.6. The first-order valence-electron chi connectivity index (χ1n) is 7.37. The number of para-hydroxylation sites is 1. The highest BCUT2D eigenvalue weighted by atomic mass is 16.2. The van der Waals surface area contributed by atoms with Crippen LogP contribution in [0.15, 0.2) is 60.1 Å². The lowest BCUT2D eigenvalue weighted by molar-refractivity contribution is 0.251. The van der Waals surface area contributed by atoms with Crippen molar-refractivity contribution >= 4 is 11.7 Å². The molecule has 0 saturated carbocycles. The molecular formula is C17H19N5O. The van der Waals surface area contributed by atoms with Crippen LogP contribution in [-0.4, -0.2) is 11.0 Å². The van der Waals surface area contributed by atoms with Crippen LogP contribution in [0.4, 0.5) is 10.5 Å². The number of urea groups is 1. The van der Waals surface area contributed by atoms with Gasteiger partial charge < -0.3 is 5.73 Å². The van der Waals surface area contributed by atoms with Gasteiger partial charge in [0.1, 0.15) is 5.82 Å². The fourth-order valence-electron chi connectivity index (χ4n) is 2.73. The lowest BCUT2D eigenvalue weighted by Gasteiger charge is -2.23. The molecule has 6 nitrogen and oxygen atoms in total. The standard InChI is InChI=1S/C17H19N5O/c1-11-10-13(8-9-19-11)15-12(2)16(20-17(18)23)22(21-15)14-6-4-3-5-7-14/h3-10,15,21H,1-2H3,(H3,18,20,23). The highest BCUT2D eigenvalue weighted by molar-refractivity contribution is 5.75. The molecule has 0 radical (unpaired) electrons. The Morgan fingerprint density at radius 1 is 1.26 bits per heavy atom. The Hall–Kier alpha value is -2.86. The van der Waals surface area contributed by atoms with Gasteiger partial charge in [0.2, 0.25) is 0 Å². The van der Waals surface area contributed by atoms with Crippen LogP contribution >= 0.6 is 0 Å². The van der Waals surface area contributed by atoms with Gasteiger partial charge in [0.15, 0.2) is 0 Å². The molecule has 0 bridgehead atoms. The van der Waals surface area contributed by atoms with Crippen molar-refractivity contribution in [3.8, 4) is 0 Å². The summed E-state index contributed by atoms with van der Waals surface area (Å²) in [7, 11) is 0. The Morgan fingerprint density at radius 2 is 2.00 bits per heavy atom. The lowest BCUT2D eigenvalue weighted by atomic mass is 10.0. The normalized spacial score (nSPS) is 17.5. The molecule has 0 spiro atoms. The number of carbonyl (C=O) groups is 1. The summed E-state index contributed by atoms with van der Waals surface area (Å²) in [5.74, 6) is 0.656. The van der Waals surface area contributed by atoms with Gasteiger partial charge in [-0.05, 0) is 49.2 Å². The maximum atomic E-state index is 11.4. The summed E-state index contributed by atoms with van der Waals surface area (Å²) >= 11 is 0. The molecule has 1 aliphatic heterocycles. The van der Waals surface area contributed by atoms with E-state index in [0.717, 1.165) is 22.5 Å². The van der Waals surface area contributed by atoms with Crippen molar-refractivity contribution in [1.29, 1.82) is 0 Å². The number of anilines is 1. The van der Waals surface area contributed by atoms with E-state index in [-0.39, 0.29) is 6.04 Å². The van der Waals surface area contributed by atoms with Crippen LogP contribution in [-0.2, 0) is 0 Å². The molecule has 6 heteroatoms. The number of hydrogen-bond acceptors (Lipinski definition) is 4. The zero-order chi connectivity index (χ0) is 16.4. The zero-order valence-electron chi connectivity index (χ0n) is 13.1. The molecular weight excluding hydrogens is 290 g/mol. The summed E-state index contributed by atoms with van der Waals surface area (Å²) in [6.45, 7) is 3.93. The second kappa shape index (κ2) is 6.10. The van der Waals surface area contributed by atoms with E-state index in [1.807, 2.05) is 61.3 Å². The Balaban J connectivity index is 2.01. The van der Waals surface area contributed by atoms with E-state index in [4.69, 9.17) is 5.73 Å². The highest BCUT2D eigenvalue weighted by Gasteiger charge is 2.31. The molecule has 2 heterocycles. The molecule has 0 aliphatic carbocycles. The van der Waals surface area contributed by atoms with Gasteiger partial charge in [0.25, 0.3) is 0 Å². The molecule has 1 atom stereocenters. The van der Waals surface area contributed by atoms with Gasteiger partial charge in [0.05, 0.1) is 11.7 Å². The van der Waals surface area contributed by atoms with Gasteiger partial charge in [-0.15, -0.1) is 0 Å². The number of nitrogens with zero attached hydrogens (tertiary/aromatic N) is 2. The third-order valence-corrected chi connectivity index (χ3v) is 3.80. The average molecular weight is 309 g/mol. The maximum Gasteiger partial charge on any atom is 0.317 e. The fraction of sp³-hybridized carbons (Fsp3) is 0.176. The number of pyridine rings is 1. The number of hydrazine groups is 1. The molecule has 4 N–H and O–H groups in total. The van der Waals surface area contributed by atoms with Gasteiger partial charge >= 0.3 is 6.03 Å². The largest absolute Gasteiger partial charge is 0.351 e.